The van der Waals surface area contributed by atoms with Gasteiger partial charge in [-0.15, -0.1) is 0 Å². The minimum Gasteiger partial charge on any atom is -0.370 e. The molecule has 1 aromatic heterocycles. The minimum absolute atomic E-state index is 0.0505. The number of nitrogens with zero attached hydrogens (tertiary/aromatic N) is 3. The fraction of sp³-hybridized carbons (Fsp3) is 0.312. The predicted molar refractivity (Wildman–Crippen MR) is 86.5 cm³/mol. The second-order valence-electron chi connectivity index (χ2n) is 5.46. The van der Waals surface area contributed by atoms with Crippen LogP contribution in [0.1, 0.15) is 36.8 Å². The molecule has 0 spiro atoms. The summed E-state index contributed by atoms with van der Waals surface area (Å²) in [5.74, 6) is 0.394. The molecule has 24 heavy (non-hydrogen) atoms. The van der Waals surface area contributed by atoms with Crippen LogP contribution < -0.4 is 11.1 Å². The van der Waals surface area contributed by atoms with E-state index in [2.05, 4.69) is 34.1 Å². The molecule has 0 unspecified atom stereocenters. The number of anilines is 1. The summed E-state index contributed by atoms with van der Waals surface area (Å²) in [6.07, 6.45) is -3.46. The van der Waals surface area contributed by atoms with Crippen LogP contribution in [-0.2, 0) is 12.7 Å². The zero-order valence-electron chi connectivity index (χ0n) is 13.3. The lowest BCUT2D eigenvalue weighted by molar-refractivity contribution is -0.141. The van der Waals surface area contributed by atoms with Gasteiger partial charge in [-0.05, 0) is 29.7 Å². The molecule has 0 radical (unpaired) electrons. The molecule has 0 saturated carbocycles. The standard InChI is InChI=1S/C16H18F3N5/c1-10(2)11-4-3-5-12(8-11)23-15(20)22-9-14-21-7-6-13(24-14)16(17,18)19/h3-8,10H,9H2,1-2H3,(H3,20,22,23). The first-order valence-electron chi connectivity index (χ1n) is 7.31. The number of halogens is 3. The van der Waals surface area contributed by atoms with Gasteiger partial charge in [0.1, 0.15) is 18.1 Å². The third-order valence-corrected chi connectivity index (χ3v) is 3.21. The highest BCUT2D eigenvalue weighted by Crippen LogP contribution is 2.27. The highest BCUT2D eigenvalue weighted by Gasteiger charge is 2.32. The molecule has 0 amide bonds. The minimum atomic E-state index is -4.51. The van der Waals surface area contributed by atoms with Crippen molar-refractivity contribution in [2.24, 2.45) is 10.7 Å². The fourth-order valence-electron chi connectivity index (χ4n) is 1.95. The van der Waals surface area contributed by atoms with Gasteiger partial charge >= 0.3 is 6.18 Å². The number of nitrogens with two attached hydrogens (primary N) is 1. The average molecular weight is 337 g/mol. The van der Waals surface area contributed by atoms with E-state index in [9.17, 15) is 13.2 Å². The van der Waals surface area contributed by atoms with Crippen molar-refractivity contribution in [2.75, 3.05) is 5.32 Å². The summed E-state index contributed by atoms with van der Waals surface area (Å²) in [5.41, 5.74) is 6.65. The second-order valence-corrected chi connectivity index (χ2v) is 5.46. The third kappa shape index (κ3) is 4.94. The Kier molecular flexibility index (Phi) is 5.38. The van der Waals surface area contributed by atoms with Gasteiger partial charge in [-0.25, -0.2) is 15.0 Å². The molecule has 0 aliphatic carbocycles. The summed E-state index contributed by atoms with van der Waals surface area (Å²) < 4.78 is 37.8. The van der Waals surface area contributed by atoms with E-state index in [0.29, 0.717) is 5.92 Å². The topological polar surface area (TPSA) is 76.2 Å². The van der Waals surface area contributed by atoms with Crippen LogP contribution in [0.15, 0.2) is 41.5 Å². The Bertz CT molecular complexity index is 726. The van der Waals surface area contributed by atoms with Crippen LogP contribution >= 0.6 is 0 Å². The smallest absolute Gasteiger partial charge is 0.370 e. The van der Waals surface area contributed by atoms with Gasteiger partial charge in [0.15, 0.2) is 5.96 Å². The Hall–Kier alpha value is -2.64. The molecular formula is C16H18F3N5. The van der Waals surface area contributed by atoms with E-state index >= 15 is 0 Å². The molecule has 0 bridgehead atoms. The Labute approximate surface area is 137 Å². The first-order valence-corrected chi connectivity index (χ1v) is 7.31. The summed E-state index contributed by atoms with van der Waals surface area (Å²) in [6, 6.07) is 8.47. The van der Waals surface area contributed by atoms with Gasteiger partial charge in [0.05, 0.1) is 0 Å². The second kappa shape index (κ2) is 7.29. The zero-order chi connectivity index (χ0) is 17.7. The monoisotopic (exact) mass is 337 g/mol. The Balaban J connectivity index is 2.06. The first kappa shape index (κ1) is 17.7. The quantitative estimate of drug-likeness (QED) is 0.661. The van der Waals surface area contributed by atoms with Crippen molar-refractivity contribution in [3.63, 3.8) is 0 Å². The summed E-state index contributed by atoms with van der Waals surface area (Å²) >= 11 is 0. The van der Waals surface area contributed by atoms with Crippen LogP contribution in [0, 0.1) is 0 Å². The Morgan fingerprint density at radius 1 is 1.29 bits per heavy atom. The van der Waals surface area contributed by atoms with Crippen LogP contribution in [0.3, 0.4) is 0 Å². The van der Waals surface area contributed by atoms with E-state index in [-0.39, 0.29) is 18.3 Å². The predicted octanol–water partition coefficient (Wildman–Crippen LogP) is 3.55. The summed E-state index contributed by atoms with van der Waals surface area (Å²) in [7, 11) is 0. The van der Waals surface area contributed by atoms with E-state index in [1.54, 1.807) is 0 Å². The Morgan fingerprint density at radius 3 is 2.71 bits per heavy atom. The van der Waals surface area contributed by atoms with Crippen LogP contribution in [-0.4, -0.2) is 15.9 Å². The largest absolute Gasteiger partial charge is 0.433 e. The summed E-state index contributed by atoms with van der Waals surface area (Å²) in [4.78, 5) is 11.2. The van der Waals surface area contributed by atoms with Crippen molar-refractivity contribution >= 4 is 11.6 Å². The van der Waals surface area contributed by atoms with Crippen molar-refractivity contribution in [3.8, 4) is 0 Å². The van der Waals surface area contributed by atoms with Crippen molar-refractivity contribution in [1.82, 2.24) is 9.97 Å². The lowest BCUT2D eigenvalue weighted by Crippen LogP contribution is -2.23. The number of benzene rings is 1. The number of guanidine groups is 1. The molecule has 1 aromatic carbocycles. The normalized spacial score (nSPS) is 12.5. The van der Waals surface area contributed by atoms with Gasteiger partial charge in [-0.1, -0.05) is 26.0 Å². The van der Waals surface area contributed by atoms with E-state index < -0.39 is 11.9 Å². The fourth-order valence-corrected chi connectivity index (χ4v) is 1.95. The zero-order valence-corrected chi connectivity index (χ0v) is 13.3. The number of aromatic nitrogens is 2. The van der Waals surface area contributed by atoms with E-state index in [1.807, 2.05) is 24.3 Å². The van der Waals surface area contributed by atoms with Gasteiger partial charge in [-0.2, -0.15) is 13.2 Å². The maximum absolute atomic E-state index is 12.6. The number of alkyl halides is 3. The van der Waals surface area contributed by atoms with Crippen molar-refractivity contribution < 1.29 is 13.2 Å². The van der Waals surface area contributed by atoms with Gasteiger partial charge in [-0.3, -0.25) is 0 Å². The highest BCUT2D eigenvalue weighted by molar-refractivity contribution is 5.92. The van der Waals surface area contributed by atoms with Crippen LogP contribution in [0.2, 0.25) is 0 Å². The summed E-state index contributed by atoms with van der Waals surface area (Å²) in [5, 5.41) is 2.90. The van der Waals surface area contributed by atoms with Crippen molar-refractivity contribution in [3.05, 3.63) is 53.6 Å². The van der Waals surface area contributed by atoms with E-state index in [0.717, 1.165) is 23.5 Å². The van der Waals surface area contributed by atoms with Gasteiger partial charge in [0.2, 0.25) is 0 Å². The molecular weight excluding hydrogens is 319 g/mol. The van der Waals surface area contributed by atoms with E-state index in [1.165, 1.54) is 0 Å². The molecule has 8 heteroatoms. The summed E-state index contributed by atoms with van der Waals surface area (Å²) in [6.45, 7) is 4.00. The molecule has 0 saturated heterocycles. The number of hydrogen-bond acceptors (Lipinski definition) is 3. The number of aliphatic imine (C=N–C) groups is 1. The lowest BCUT2D eigenvalue weighted by atomic mass is 10.0. The average Bonchev–Trinajstić information content (AvgIpc) is 2.52. The molecule has 0 aliphatic heterocycles. The molecule has 2 rings (SSSR count). The molecule has 0 atom stereocenters. The van der Waals surface area contributed by atoms with Crippen molar-refractivity contribution in [1.29, 1.82) is 0 Å². The Morgan fingerprint density at radius 2 is 2.04 bits per heavy atom. The van der Waals surface area contributed by atoms with Crippen molar-refractivity contribution in [2.45, 2.75) is 32.5 Å². The van der Waals surface area contributed by atoms with Gasteiger partial charge < -0.3 is 11.1 Å². The van der Waals surface area contributed by atoms with Crippen LogP contribution in [0.5, 0.6) is 0 Å². The molecule has 5 nitrogen and oxygen atoms in total. The molecule has 0 aliphatic rings. The first-order chi connectivity index (χ1) is 11.3. The molecule has 3 N–H and O–H groups in total. The molecule has 128 valence electrons. The lowest BCUT2D eigenvalue weighted by Gasteiger charge is -2.10. The number of hydrogen-bond donors (Lipinski definition) is 2. The maximum atomic E-state index is 12.6. The maximum Gasteiger partial charge on any atom is 0.433 e. The van der Waals surface area contributed by atoms with E-state index in [4.69, 9.17) is 5.73 Å². The number of nitrogens with one attached hydrogen (secondary N) is 1. The van der Waals surface area contributed by atoms with Gasteiger partial charge in [0.25, 0.3) is 0 Å². The SMILES string of the molecule is CC(C)c1cccc(NC(N)=NCc2nccc(C(F)(F)F)n2)c1. The van der Waals surface area contributed by atoms with Crippen LogP contribution in [0.25, 0.3) is 0 Å². The molecule has 1 heterocycles. The molecule has 2 aromatic rings. The highest BCUT2D eigenvalue weighted by atomic mass is 19.4. The van der Waals surface area contributed by atoms with Crippen LogP contribution in [0.4, 0.5) is 18.9 Å². The molecule has 0 fully saturated rings. The van der Waals surface area contributed by atoms with Gasteiger partial charge in [0, 0.05) is 11.9 Å². The third-order valence-electron chi connectivity index (χ3n) is 3.21. The number of rotatable bonds is 4.